The lowest BCUT2D eigenvalue weighted by atomic mass is 9.92. The Bertz CT molecular complexity index is 413. The Balaban J connectivity index is 1.84. The van der Waals surface area contributed by atoms with Gasteiger partial charge in [-0.2, -0.15) is 0 Å². The molecule has 2 fully saturated rings. The molecule has 1 unspecified atom stereocenters. The average Bonchev–Trinajstić information content (AvgIpc) is 2.72. The van der Waals surface area contributed by atoms with E-state index < -0.39 is 0 Å². The van der Waals surface area contributed by atoms with Crippen LogP contribution in [0.2, 0.25) is 0 Å². The van der Waals surface area contributed by atoms with Crippen molar-refractivity contribution in [3.05, 3.63) is 0 Å². The van der Waals surface area contributed by atoms with E-state index in [1.54, 1.807) is 0 Å². The molecule has 158 valence electrons. The van der Waals surface area contributed by atoms with Gasteiger partial charge in [0.05, 0.1) is 13.2 Å². The number of hydrogen-bond acceptors (Lipinski definition) is 4. The highest BCUT2D eigenvalue weighted by molar-refractivity contribution is 5.80. The molecule has 2 rings (SSSR count). The first-order valence-electron chi connectivity index (χ1n) is 11.2. The summed E-state index contributed by atoms with van der Waals surface area (Å²) in [5.74, 6) is 1.68. The quantitative estimate of drug-likeness (QED) is 0.473. The van der Waals surface area contributed by atoms with Gasteiger partial charge in [-0.1, -0.05) is 33.6 Å². The summed E-state index contributed by atoms with van der Waals surface area (Å²) in [6.07, 6.45) is 6.12. The second-order valence-corrected chi connectivity index (χ2v) is 8.01. The van der Waals surface area contributed by atoms with Gasteiger partial charge in [0.1, 0.15) is 0 Å². The molecule has 2 heterocycles. The number of piperidine rings is 1. The molecule has 0 bridgehead atoms. The molecular formula is C21H43N5O. The van der Waals surface area contributed by atoms with Gasteiger partial charge >= 0.3 is 0 Å². The summed E-state index contributed by atoms with van der Waals surface area (Å²) in [5.41, 5.74) is 0. The maximum absolute atomic E-state index is 5.57. The molecule has 0 radical (unpaired) electrons. The molecule has 0 saturated carbocycles. The molecule has 0 aromatic carbocycles. The fourth-order valence-electron chi connectivity index (χ4n) is 4.54. The number of morpholine rings is 1. The Morgan fingerprint density at radius 2 is 1.74 bits per heavy atom. The summed E-state index contributed by atoms with van der Waals surface area (Å²) in [5, 5.41) is 7.31. The smallest absolute Gasteiger partial charge is 0.191 e. The third-order valence-corrected chi connectivity index (χ3v) is 6.28. The fraction of sp³-hybridized carbons (Fsp3) is 0.952. The van der Waals surface area contributed by atoms with Crippen LogP contribution in [-0.4, -0.2) is 87.4 Å². The van der Waals surface area contributed by atoms with Crippen molar-refractivity contribution in [3.63, 3.8) is 0 Å². The van der Waals surface area contributed by atoms with Crippen molar-refractivity contribution < 1.29 is 4.74 Å². The molecule has 6 heteroatoms. The molecule has 0 spiro atoms. The van der Waals surface area contributed by atoms with Crippen LogP contribution in [0.4, 0.5) is 0 Å². The minimum atomic E-state index is 0.541. The summed E-state index contributed by atoms with van der Waals surface area (Å²) in [4.78, 5) is 9.70. The first-order valence-corrected chi connectivity index (χ1v) is 11.2. The van der Waals surface area contributed by atoms with Crippen LogP contribution in [0.15, 0.2) is 4.99 Å². The van der Waals surface area contributed by atoms with Gasteiger partial charge in [-0.25, -0.2) is 0 Å². The monoisotopic (exact) mass is 381 g/mol. The van der Waals surface area contributed by atoms with Crippen molar-refractivity contribution in [2.45, 2.75) is 65.0 Å². The molecule has 2 saturated heterocycles. The fourth-order valence-corrected chi connectivity index (χ4v) is 4.54. The highest BCUT2D eigenvalue weighted by atomic mass is 16.5. The zero-order valence-electron chi connectivity index (χ0n) is 18.2. The van der Waals surface area contributed by atoms with Gasteiger partial charge in [0.25, 0.3) is 0 Å². The van der Waals surface area contributed by atoms with Crippen molar-refractivity contribution >= 4 is 5.96 Å². The van der Waals surface area contributed by atoms with Gasteiger partial charge in [0.2, 0.25) is 0 Å². The number of hydrogen-bond donors (Lipinski definition) is 2. The minimum absolute atomic E-state index is 0.541. The highest BCUT2D eigenvalue weighted by Gasteiger charge is 2.27. The summed E-state index contributed by atoms with van der Waals surface area (Å²) in [6.45, 7) is 15.3. The summed E-state index contributed by atoms with van der Waals surface area (Å²) in [7, 11) is 1.89. The van der Waals surface area contributed by atoms with E-state index >= 15 is 0 Å². The van der Waals surface area contributed by atoms with E-state index in [-0.39, 0.29) is 0 Å². The van der Waals surface area contributed by atoms with E-state index in [0.717, 1.165) is 38.8 Å². The maximum Gasteiger partial charge on any atom is 0.191 e. The lowest BCUT2D eigenvalue weighted by molar-refractivity contribution is 0.00270. The minimum Gasteiger partial charge on any atom is -0.379 e. The van der Waals surface area contributed by atoms with Crippen LogP contribution in [0.1, 0.15) is 52.9 Å². The molecule has 2 aliphatic rings. The zero-order chi connectivity index (χ0) is 19.5. The van der Waals surface area contributed by atoms with Crippen LogP contribution in [0, 0.1) is 5.92 Å². The van der Waals surface area contributed by atoms with Gasteiger partial charge in [-0.05, 0) is 31.7 Å². The van der Waals surface area contributed by atoms with E-state index in [1.807, 2.05) is 7.05 Å². The second kappa shape index (κ2) is 12.6. The van der Waals surface area contributed by atoms with Crippen LogP contribution in [0.25, 0.3) is 0 Å². The SMILES string of the molecule is CCCN1CCC(NC(=NC)NCC(C(CC)CC)N2CCOCC2)CC1. The third kappa shape index (κ3) is 7.24. The lowest BCUT2D eigenvalue weighted by Crippen LogP contribution is -2.55. The van der Waals surface area contributed by atoms with Gasteiger partial charge in [0, 0.05) is 51.9 Å². The summed E-state index contributed by atoms with van der Waals surface area (Å²) < 4.78 is 5.57. The topological polar surface area (TPSA) is 52.1 Å². The predicted molar refractivity (Wildman–Crippen MR) is 115 cm³/mol. The van der Waals surface area contributed by atoms with Crippen molar-refractivity contribution in [2.24, 2.45) is 10.9 Å². The number of nitrogens with one attached hydrogen (secondary N) is 2. The van der Waals surface area contributed by atoms with Crippen LogP contribution in [0.5, 0.6) is 0 Å². The first kappa shape index (κ1) is 22.4. The summed E-state index contributed by atoms with van der Waals surface area (Å²) >= 11 is 0. The number of aliphatic imine (C=N–C) groups is 1. The summed E-state index contributed by atoms with van der Waals surface area (Å²) in [6, 6.07) is 1.09. The molecule has 6 nitrogen and oxygen atoms in total. The number of rotatable bonds is 9. The van der Waals surface area contributed by atoms with Crippen molar-refractivity contribution in [2.75, 3.05) is 59.5 Å². The molecule has 0 aromatic rings. The van der Waals surface area contributed by atoms with Crippen LogP contribution >= 0.6 is 0 Å². The second-order valence-electron chi connectivity index (χ2n) is 8.01. The largest absolute Gasteiger partial charge is 0.379 e. The average molecular weight is 382 g/mol. The number of guanidine groups is 1. The van der Waals surface area contributed by atoms with E-state index in [9.17, 15) is 0 Å². The number of likely N-dealkylation sites (tertiary alicyclic amines) is 1. The number of ether oxygens (including phenoxy) is 1. The molecule has 0 amide bonds. The van der Waals surface area contributed by atoms with E-state index in [2.05, 4.69) is 46.2 Å². The Kier molecular flexibility index (Phi) is 10.5. The predicted octanol–water partition coefficient (Wildman–Crippen LogP) is 2.16. The molecular weight excluding hydrogens is 338 g/mol. The Morgan fingerprint density at radius 1 is 1.07 bits per heavy atom. The normalized spacial score (nSPS) is 22.2. The van der Waals surface area contributed by atoms with Gasteiger partial charge in [-0.3, -0.25) is 9.89 Å². The van der Waals surface area contributed by atoms with E-state index in [1.165, 1.54) is 51.7 Å². The Labute approximate surface area is 167 Å². The van der Waals surface area contributed by atoms with Crippen LogP contribution in [-0.2, 0) is 4.74 Å². The van der Waals surface area contributed by atoms with Gasteiger partial charge < -0.3 is 20.3 Å². The maximum atomic E-state index is 5.57. The van der Waals surface area contributed by atoms with Crippen molar-refractivity contribution in [1.82, 2.24) is 20.4 Å². The van der Waals surface area contributed by atoms with E-state index in [0.29, 0.717) is 18.0 Å². The molecule has 27 heavy (non-hydrogen) atoms. The molecule has 1 atom stereocenters. The highest BCUT2D eigenvalue weighted by Crippen LogP contribution is 2.19. The van der Waals surface area contributed by atoms with Crippen molar-refractivity contribution in [1.29, 1.82) is 0 Å². The Morgan fingerprint density at radius 3 is 2.30 bits per heavy atom. The van der Waals surface area contributed by atoms with Crippen LogP contribution in [0.3, 0.4) is 0 Å². The first-order chi connectivity index (χ1) is 13.2. The molecule has 2 aliphatic heterocycles. The Hall–Kier alpha value is -0.850. The standard InChI is InChI=1S/C21H43N5O/c1-5-10-25-11-8-19(9-12-25)24-21(22-4)23-17-20(18(6-2)7-3)26-13-15-27-16-14-26/h18-20H,5-17H2,1-4H3,(H2,22,23,24). The van der Waals surface area contributed by atoms with Gasteiger partial charge in [-0.15, -0.1) is 0 Å². The van der Waals surface area contributed by atoms with E-state index in [4.69, 9.17) is 4.74 Å². The zero-order valence-corrected chi connectivity index (χ0v) is 18.2. The van der Waals surface area contributed by atoms with Crippen molar-refractivity contribution in [3.8, 4) is 0 Å². The van der Waals surface area contributed by atoms with Gasteiger partial charge in [0.15, 0.2) is 5.96 Å². The molecule has 2 N–H and O–H groups in total. The third-order valence-electron chi connectivity index (χ3n) is 6.28. The number of nitrogens with zero attached hydrogens (tertiary/aromatic N) is 3. The van der Waals surface area contributed by atoms with Crippen LogP contribution < -0.4 is 10.6 Å². The molecule has 0 aromatic heterocycles. The molecule has 0 aliphatic carbocycles. The lowest BCUT2D eigenvalue weighted by Gasteiger charge is -2.39.